The SMILES string of the molecule is COC(=O)C(SC1CCCC1)c1ccc(Cl)c(Cl)c1. The first kappa shape index (κ1) is 15.0. The Morgan fingerprint density at radius 2 is 2.00 bits per heavy atom. The fraction of sp³-hybridized carbons (Fsp3) is 0.500. The monoisotopic (exact) mass is 318 g/mol. The van der Waals surface area contributed by atoms with Gasteiger partial charge < -0.3 is 4.74 Å². The van der Waals surface area contributed by atoms with E-state index in [0.29, 0.717) is 15.3 Å². The molecule has 0 saturated heterocycles. The van der Waals surface area contributed by atoms with Crippen molar-refractivity contribution in [2.24, 2.45) is 0 Å². The predicted molar refractivity (Wildman–Crippen MR) is 81.1 cm³/mol. The second-order valence-electron chi connectivity index (χ2n) is 4.62. The Bertz CT molecular complexity index is 459. The number of hydrogen-bond donors (Lipinski definition) is 0. The van der Waals surface area contributed by atoms with Gasteiger partial charge in [0.2, 0.25) is 0 Å². The molecule has 5 heteroatoms. The van der Waals surface area contributed by atoms with Gasteiger partial charge in [0.05, 0.1) is 17.2 Å². The Kier molecular flexibility index (Phi) is 5.43. The predicted octanol–water partition coefficient (Wildman–Crippen LogP) is 4.88. The van der Waals surface area contributed by atoms with Crippen LogP contribution in [0.25, 0.3) is 0 Å². The molecule has 0 aliphatic heterocycles. The quantitative estimate of drug-likeness (QED) is 0.740. The molecule has 0 N–H and O–H groups in total. The van der Waals surface area contributed by atoms with Gasteiger partial charge >= 0.3 is 5.97 Å². The average molecular weight is 319 g/mol. The first-order valence-corrected chi connectivity index (χ1v) is 8.00. The summed E-state index contributed by atoms with van der Waals surface area (Å²) >= 11 is 13.6. The van der Waals surface area contributed by atoms with Gasteiger partial charge in [-0.15, -0.1) is 11.8 Å². The molecule has 0 bridgehead atoms. The highest BCUT2D eigenvalue weighted by Gasteiger charge is 2.28. The lowest BCUT2D eigenvalue weighted by Crippen LogP contribution is -2.14. The number of halogens is 2. The zero-order valence-electron chi connectivity index (χ0n) is 10.7. The molecule has 1 unspecified atom stereocenters. The maximum atomic E-state index is 12.0. The normalized spacial score (nSPS) is 17.4. The molecule has 19 heavy (non-hydrogen) atoms. The van der Waals surface area contributed by atoms with E-state index < -0.39 is 0 Å². The van der Waals surface area contributed by atoms with E-state index in [9.17, 15) is 4.79 Å². The minimum atomic E-state index is -0.317. The van der Waals surface area contributed by atoms with Gasteiger partial charge in [0.25, 0.3) is 0 Å². The maximum absolute atomic E-state index is 12.0. The molecule has 2 nitrogen and oxygen atoms in total. The zero-order valence-corrected chi connectivity index (χ0v) is 13.0. The number of thioether (sulfide) groups is 1. The molecule has 1 aliphatic rings. The maximum Gasteiger partial charge on any atom is 0.323 e. The number of benzene rings is 1. The van der Waals surface area contributed by atoms with Crippen LogP contribution in [-0.4, -0.2) is 18.3 Å². The first-order valence-electron chi connectivity index (χ1n) is 6.30. The number of hydrogen-bond acceptors (Lipinski definition) is 3. The number of esters is 1. The van der Waals surface area contributed by atoms with Crippen LogP contribution in [0.4, 0.5) is 0 Å². The zero-order chi connectivity index (χ0) is 13.8. The summed E-state index contributed by atoms with van der Waals surface area (Å²) in [5, 5.41) is 1.18. The molecule has 1 saturated carbocycles. The minimum absolute atomic E-state index is 0.227. The van der Waals surface area contributed by atoms with Gasteiger partial charge in [0.15, 0.2) is 0 Å². The van der Waals surface area contributed by atoms with Crippen molar-refractivity contribution in [3.05, 3.63) is 33.8 Å². The van der Waals surface area contributed by atoms with Crippen LogP contribution < -0.4 is 0 Å². The van der Waals surface area contributed by atoms with Crippen LogP contribution in [0.5, 0.6) is 0 Å². The third-order valence-corrected chi connectivity index (χ3v) is 5.62. The van der Waals surface area contributed by atoms with E-state index in [1.54, 1.807) is 23.9 Å². The number of carbonyl (C=O) groups is 1. The molecule has 1 atom stereocenters. The van der Waals surface area contributed by atoms with Gasteiger partial charge in [-0.2, -0.15) is 0 Å². The number of carbonyl (C=O) groups excluding carboxylic acids is 1. The van der Waals surface area contributed by atoms with Crippen LogP contribution in [0, 0.1) is 0 Å². The van der Waals surface area contributed by atoms with Crippen molar-refractivity contribution in [1.29, 1.82) is 0 Å². The van der Waals surface area contributed by atoms with E-state index in [-0.39, 0.29) is 11.2 Å². The van der Waals surface area contributed by atoms with Crippen molar-refractivity contribution in [2.75, 3.05) is 7.11 Å². The van der Waals surface area contributed by atoms with Gasteiger partial charge in [0.1, 0.15) is 5.25 Å². The summed E-state index contributed by atoms with van der Waals surface area (Å²) < 4.78 is 4.91. The molecule has 1 fully saturated rings. The van der Waals surface area contributed by atoms with Gasteiger partial charge in [-0.05, 0) is 30.5 Å². The molecule has 104 valence electrons. The molecule has 1 aliphatic carbocycles. The molecule has 1 aromatic carbocycles. The smallest absolute Gasteiger partial charge is 0.323 e. The van der Waals surface area contributed by atoms with Crippen LogP contribution in [0.1, 0.15) is 36.5 Å². The van der Waals surface area contributed by atoms with Crippen LogP contribution >= 0.6 is 35.0 Å². The van der Waals surface area contributed by atoms with Crippen molar-refractivity contribution < 1.29 is 9.53 Å². The summed E-state index contributed by atoms with van der Waals surface area (Å²) in [5.74, 6) is -0.227. The Labute approximate surface area is 127 Å². The largest absolute Gasteiger partial charge is 0.468 e. The second kappa shape index (κ2) is 6.87. The van der Waals surface area contributed by atoms with E-state index in [0.717, 1.165) is 5.56 Å². The Morgan fingerprint density at radius 3 is 2.58 bits per heavy atom. The number of methoxy groups -OCH3 is 1. The first-order chi connectivity index (χ1) is 9.11. The molecular formula is C14H16Cl2O2S. The fourth-order valence-corrected chi connectivity index (χ4v) is 4.08. The summed E-state index contributed by atoms with van der Waals surface area (Å²) in [6.07, 6.45) is 4.82. The lowest BCUT2D eigenvalue weighted by Gasteiger charge is -2.19. The van der Waals surface area contributed by atoms with Crippen LogP contribution in [0.15, 0.2) is 18.2 Å². The van der Waals surface area contributed by atoms with Crippen molar-refractivity contribution in [1.82, 2.24) is 0 Å². The Hall–Kier alpha value is -0.380. The second-order valence-corrected chi connectivity index (χ2v) is 6.84. The van der Waals surface area contributed by atoms with Crippen LogP contribution in [0.3, 0.4) is 0 Å². The molecule has 2 rings (SSSR count). The van der Waals surface area contributed by atoms with Gasteiger partial charge in [-0.1, -0.05) is 42.1 Å². The van der Waals surface area contributed by atoms with Crippen molar-refractivity contribution in [3.63, 3.8) is 0 Å². The number of ether oxygens (including phenoxy) is 1. The minimum Gasteiger partial charge on any atom is -0.468 e. The van der Waals surface area contributed by atoms with E-state index in [4.69, 9.17) is 27.9 Å². The Morgan fingerprint density at radius 1 is 1.32 bits per heavy atom. The fourth-order valence-electron chi connectivity index (χ4n) is 2.27. The molecule has 0 radical (unpaired) electrons. The molecular weight excluding hydrogens is 303 g/mol. The van der Waals surface area contributed by atoms with Crippen molar-refractivity contribution >= 4 is 40.9 Å². The summed E-state index contributed by atoms with van der Waals surface area (Å²) in [6.45, 7) is 0. The van der Waals surface area contributed by atoms with Gasteiger partial charge in [0, 0.05) is 5.25 Å². The molecule has 0 aromatic heterocycles. The summed E-state index contributed by atoms with van der Waals surface area (Å²) in [4.78, 5) is 12.0. The molecule has 0 amide bonds. The molecule has 0 spiro atoms. The topological polar surface area (TPSA) is 26.3 Å². The van der Waals surface area contributed by atoms with Gasteiger partial charge in [-0.3, -0.25) is 4.79 Å². The van der Waals surface area contributed by atoms with Crippen LogP contribution in [0.2, 0.25) is 10.0 Å². The van der Waals surface area contributed by atoms with E-state index in [1.807, 2.05) is 6.07 Å². The molecule has 0 heterocycles. The highest BCUT2D eigenvalue weighted by atomic mass is 35.5. The van der Waals surface area contributed by atoms with E-state index in [1.165, 1.54) is 32.8 Å². The molecule has 1 aromatic rings. The van der Waals surface area contributed by atoms with E-state index >= 15 is 0 Å². The highest BCUT2D eigenvalue weighted by molar-refractivity contribution is 8.00. The Balaban J connectivity index is 2.20. The van der Waals surface area contributed by atoms with Crippen molar-refractivity contribution in [3.8, 4) is 0 Å². The van der Waals surface area contributed by atoms with E-state index in [2.05, 4.69) is 0 Å². The van der Waals surface area contributed by atoms with Crippen molar-refractivity contribution in [2.45, 2.75) is 36.2 Å². The lowest BCUT2D eigenvalue weighted by atomic mass is 10.1. The highest BCUT2D eigenvalue weighted by Crippen LogP contribution is 2.41. The van der Waals surface area contributed by atoms with Gasteiger partial charge in [-0.25, -0.2) is 0 Å². The standard InChI is InChI=1S/C14H16Cl2O2S/c1-18-14(17)13(19-10-4-2-3-5-10)9-6-7-11(15)12(16)8-9/h6-8,10,13H,2-5H2,1H3. The summed E-state index contributed by atoms with van der Waals surface area (Å²) in [7, 11) is 1.42. The third kappa shape index (κ3) is 3.80. The average Bonchev–Trinajstić information content (AvgIpc) is 2.91. The van der Waals surface area contributed by atoms with Crippen LogP contribution in [-0.2, 0) is 9.53 Å². The summed E-state index contributed by atoms with van der Waals surface area (Å²) in [6, 6.07) is 5.33. The number of rotatable bonds is 4. The third-order valence-electron chi connectivity index (χ3n) is 3.29. The summed E-state index contributed by atoms with van der Waals surface area (Å²) in [5.41, 5.74) is 0.859. The lowest BCUT2D eigenvalue weighted by molar-refractivity contribution is -0.140.